The average molecular weight is 671 g/mol. The van der Waals surface area contributed by atoms with Crippen molar-refractivity contribution in [3.05, 3.63) is 38.7 Å². The first kappa shape index (κ1) is 38.4. The van der Waals surface area contributed by atoms with Crippen molar-refractivity contribution in [2.45, 2.75) is 117 Å². The first-order valence-corrected chi connectivity index (χ1v) is 17.2. The number of likely N-dealkylation sites (tertiary alicyclic amines) is 1. The van der Waals surface area contributed by atoms with Crippen LogP contribution in [-0.2, 0) is 19.2 Å². The van der Waals surface area contributed by atoms with Gasteiger partial charge in [0.1, 0.15) is 12.1 Å². The third kappa shape index (κ3) is 9.31. The van der Waals surface area contributed by atoms with Crippen molar-refractivity contribution >= 4 is 35.2 Å². The zero-order chi connectivity index (χ0) is 35.8. The molecule has 1 aliphatic heterocycles. The van der Waals surface area contributed by atoms with E-state index in [2.05, 4.69) is 27.8 Å². The van der Waals surface area contributed by atoms with E-state index in [9.17, 15) is 33.6 Å². The van der Waals surface area contributed by atoms with Crippen LogP contribution in [0.3, 0.4) is 0 Å². The third-order valence-corrected chi connectivity index (χ3v) is 9.66. The summed E-state index contributed by atoms with van der Waals surface area (Å²) >= 11 is 0. The Morgan fingerprint density at radius 1 is 0.979 bits per heavy atom. The van der Waals surface area contributed by atoms with E-state index >= 15 is 0 Å². The summed E-state index contributed by atoms with van der Waals surface area (Å²) < 4.78 is 0. The molecule has 1 aromatic carbocycles. The van der Waals surface area contributed by atoms with Crippen LogP contribution in [-0.4, -0.2) is 85.3 Å². The monoisotopic (exact) mass is 670 g/mol. The number of carbonyl (C=O) groups is 5. The molecule has 4 N–H and O–H groups in total. The average Bonchev–Trinajstić information content (AvgIpc) is 3.55. The molecule has 0 spiro atoms. The van der Waals surface area contributed by atoms with Crippen LogP contribution in [0.2, 0.25) is 0 Å². The number of urea groups is 1. The van der Waals surface area contributed by atoms with Gasteiger partial charge in [-0.2, -0.15) is 0 Å². The molecular formula is C35H54N6O7. The van der Waals surface area contributed by atoms with Crippen molar-refractivity contribution < 1.29 is 24.0 Å². The normalized spacial score (nSPS) is 18.8. The predicted octanol–water partition coefficient (Wildman–Crippen LogP) is 1.84. The number of rotatable bonds is 15. The van der Waals surface area contributed by atoms with Crippen molar-refractivity contribution in [2.24, 2.45) is 11.3 Å². The number of nitrogens with zero attached hydrogens (tertiary/aromatic N) is 2. The number of hydrogen-bond acceptors (Lipinski definition) is 8. The Bertz CT molecular complexity index is 1420. The van der Waals surface area contributed by atoms with E-state index in [-0.39, 0.29) is 31.3 Å². The summed E-state index contributed by atoms with van der Waals surface area (Å²) in [4.78, 5) is 93.8. The standard InChI is InChI=1S/C35H54N6O7/c1-8-14-23(29(43)32(46)36-18-9-2)37-31(45)24-17-13-19-41(24)33(47)26(22-15-11-10-12-16-22)39-34(48)38-25(35(4,5)6)20-40(7)27-21(3)28(42)30(27)44/h9,22-26H,2,8,10-20H2,1,3-7H3,(H,36,46)(H,37,45)(H2,38,39,48). The Kier molecular flexibility index (Phi) is 13.5. The van der Waals surface area contributed by atoms with Gasteiger partial charge in [0.25, 0.3) is 5.91 Å². The van der Waals surface area contributed by atoms with E-state index in [0.717, 1.165) is 32.1 Å². The summed E-state index contributed by atoms with van der Waals surface area (Å²) in [6.07, 6.45) is 7.65. The van der Waals surface area contributed by atoms with Gasteiger partial charge in [0.05, 0.1) is 17.8 Å². The van der Waals surface area contributed by atoms with Crippen LogP contribution < -0.4 is 37.0 Å². The fourth-order valence-electron chi connectivity index (χ4n) is 6.76. The molecule has 1 heterocycles. The number of ketones is 1. The zero-order valence-electron chi connectivity index (χ0n) is 29.4. The number of anilines is 1. The number of carbonyl (C=O) groups excluding carboxylic acids is 5. The van der Waals surface area contributed by atoms with Crippen molar-refractivity contribution in [1.29, 1.82) is 0 Å². The van der Waals surface area contributed by atoms with Crippen molar-refractivity contribution in [3.63, 3.8) is 0 Å². The van der Waals surface area contributed by atoms with Crippen LogP contribution in [0.15, 0.2) is 22.2 Å². The van der Waals surface area contributed by atoms with Gasteiger partial charge in [0, 0.05) is 32.2 Å². The van der Waals surface area contributed by atoms with E-state index in [1.165, 1.54) is 11.0 Å². The summed E-state index contributed by atoms with van der Waals surface area (Å²) in [5.74, 6) is -2.52. The first-order valence-electron chi connectivity index (χ1n) is 17.2. The number of Topliss-reactive ketones (excluding diaryl/α,β-unsaturated/α-hetero) is 1. The van der Waals surface area contributed by atoms with Gasteiger partial charge in [0.15, 0.2) is 0 Å². The maximum atomic E-state index is 14.2. The summed E-state index contributed by atoms with van der Waals surface area (Å²) in [6.45, 7) is 13.6. The second kappa shape index (κ2) is 16.9. The van der Waals surface area contributed by atoms with Crippen LogP contribution in [0.25, 0.3) is 0 Å². The van der Waals surface area contributed by atoms with Gasteiger partial charge in [-0.25, -0.2) is 4.79 Å². The smallest absolute Gasteiger partial charge is 0.315 e. The molecule has 2 aliphatic rings. The molecule has 1 saturated carbocycles. The second-order valence-electron chi connectivity index (χ2n) is 14.3. The van der Waals surface area contributed by atoms with Crippen LogP contribution in [0.5, 0.6) is 0 Å². The molecule has 1 saturated heterocycles. The first-order chi connectivity index (χ1) is 22.6. The molecule has 2 fully saturated rings. The molecular weight excluding hydrogens is 616 g/mol. The lowest BCUT2D eigenvalue weighted by molar-refractivity contribution is -0.143. The molecule has 0 radical (unpaired) electrons. The highest BCUT2D eigenvalue weighted by molar-refractivity contribution is 6.38. The van der Waals surface area contributed by atoms with Crippen molar-refractivity contribution in [3.8, 4) is 0 Å². The molecule has 13 heteroatoms. The SMILES string of the molecule is C=CCNC(=O)C(=O)C(CCC)NC(=O)C1CCCN1C(=O)C(NC(=O)NC(CN(C)c1c(C)c(=O)c1=O)C(C)(C)C)C1CCCCC1. The molecule has 5 amide bonds. The van der Waals surface area contributed by atoms with Crippen molar-refractivity contribution in [1.82, 2.24) is 26.2 Å². The second-order valence-corrected chi connectivity index (χ2v) is 14.3. The topological polar surface area (TPSA) is 174 Å². The number of hydrogen-bond donors (Lipinski definition) is 4. The van der Waals surface area contributed by atoms with E-state index in [4.69, 9.17) is 0 Å². The summed E-state index contributed by atoms with van der Waals surface area (Å²) in [5, 5.41) is 11.2. The van der Waals surface area contributed by atoms with E-state index in [1.807, 2.05) is 27.7 Å². The van der Waals surface area contributed by atoms with Crippen LogP contribution in [0, 0.1) is 18.3 Å². The maximum absolute atomic E-state index is 14.2. The van der Waals surface area contributed by atoms with Gasteiger partial charge in [-0.1, -0.05) is 59.5 Å². The summed E-state index contributed by atoms with van der Waals surface area (Å²) in [7, 11) is 1.71. The van der Waals surface area contributed by atoms with Crippen LogP contribution in [0.1, 0.15) is 91.0 Å². The lowest BCUT2D eigenvalue weighted by atomic mass is 9.83. The molecule has 4 unspecified atom stereocenters. The van der Waals surface area contributed by atoms with Gasteiger partial charge in [-0.3, -0.25) is 28.8 Å². The molecule has 4 atom stereocenters. The molecule has 1 aromatic rings. The molecule has 13 nitrogen and oxygen atoms in total. The largest absolute Gasteiger partial charge is 0.369 e. The van der Waals surface area contributed by atoms with Crippen LogP contribution in [0.4, 0.5) is 10.5 Å². The van der Waals surface area contributed by atoms with Gasteiger partial charge in [-0.15, -0.1) is 6.58 Å². The number of amides is 5. The van der Waals surface area contributed by atoms with E-state index in [0.29, 0.717) is 37.1 Å². The summed E-state index contributed by atoms with van der Waals surface area (Å²) in [6, 6.07) is -3.72. The molecule has 0 aromatic heterocycles. The molecule has 3 rings (SSSR count). The van der Waals surface area contributed by atoms with E-state index < -0.39 is 64.1 Å². The quantitative estimate of drug-likeness (QED) is 0.162. The fraction of sp³-hybridized carbons (Fsp3) is 0.686. The van der Waals surface area contributed by atoms with Gasteiger partial charge in [-0.05, 0) is 50.4 Å². The third-order valence-electron chi connectivity index (χ3n) is 9.66. The summed E-state index contributed by atoms with van der Waals surface area (Å²) in [5.41, 5.74) is -0.743. The minimum Gasteiger partial charge on any atom is -0.369 e. The highest BCUT2D eigenvalue weighted by Gasteiger charge is 2.42. The molecule has 48 heavy (non-hydrogen) atoms. The maximum Gasteiger partial charge on any atom is 0.315 e. The molecule has 0 bridgehead atoms. The molecule has 266 valence electrons. The Morgan fingerprint density at radius 2 is 1.65 bits per heavy atom. The highest BCUT2D eigenvalue weighted by Crippen LogP contribution is 2.30. The Balaban J connectivity index is 1.77. The number of likely N-dealkylation sites (N-methyl/N-ethyl adjacent to an activating group) is 1. The van der Waals surface area contributed by atoms with Gasteiger partial charge in [0.2, 0.25) is 28.5 Å². The zero-order valence-corrected chi connectivity index (χ0v) is 29.4. The van der Waals surface area contributed by atoms with Crippen molar-refractivity contribution in [2.75, 3.05) is 31.6 Å². The highest BCUT2D eigenvalue weighted by atomic mass is 16.2. The molecule has 1 aliphatic carbocycles. The predicted molar refractivity (Wildman–Crippen MR) is 184 cm³/mol. The Labute approximate surface area is 283 Å². The van der Waals surface area contributed by atoms with Crippen LogP contribution >= 0.6 is 0 Å². The minimum atomic E-state index is -1.02. The lowest BCUT2D eigenvalue weighted by Gasteiger charge is -2.38. The minimum absolute atomic E-state index is 0.119. The lowest BCUT2D eigenvalue weighted by Crippen LogP contribution is -2.61. The van der Waals surface area contributed by atoms with Gasteiger partial charge >= 0.3 is 6.03 Å². The Morgan fingerprint density at radius 3 is 2.23 bits per heavy atom. The fourth-order valence-corrected chi connectivity index (χ4v) is 6.76. The van der Waals surface area contributed by atoms with Gasteiger partial charge < -0.3 is 31.1 Å². The number of nitrogens with one attached hydrogen (secondary N) is 4. The Hall–Kier alpha value is -4.03. The van der Waals surface area contributed by atoms with E-state index in [1.54, 1.807) is 18.9 Å².